The van der Waals surface area contributed by atoms with Crippen LogP contribution in [0.15, 0.2) is 24.3 Å². The van der Waals surface area contributed by atoms with Crippen LogP contribution in [0.3, 0.4) is 0 Å². The Bertz CT molecular complexity index is 745. The molecule has 26 heavy (non-hydrogen) atoms. The number of aryl methyl sites for hydroxylation is 2. The van der Waals surface area contributed by atoms with E-state index in [4.69, 9.17) is 21.4 Å². The number of anilines is 4. The number of nitrogen functional groups attached to an aromatic ring is 1. The Hall–Kier alpha value is -2.34. The second-order valence-electron chi connectivity index (χ2n) is 7.19. The van der Waals surface area contributed by atoms with Crippen molar-refractivity contribution in [2.45, 2.75) is 52.0 Å². The lowest BCUT2D eigenvalue weighted by atomic mass is 10.1. The van der Waals surface area contributed by atoms with E-state index in [2.05, 4.69) is 23.2 Å². The van der Waals surface area contributed by atoms with Crippen LogP contribution < -0.4 is 21.7 Å². The molecule has 6 heteroatoms. The molecule has 0 saturated carbocycles. The summed E-state index contributed by atoms with van der Waals surface area (Å²) in [6.45, 7) is 6.04. The SMILES string of the molecule is CCCCc1cc(N2CCCC(N)C2)nc(Nc2ccc(C)c(N)c2)n1. The number of nitrogens with one attached hydrogen (secondary N) is 1. The van der Waals surface area contributed by atoms with Gasteiger partial charge in [0.05, 0.1) is 0 Å². The molecule has 2 aromatic rings. The first-order chi connectivity index (χ1) is 12.5. The van der Waals surface area contributed by atoms with Gasteiger partial charge in [0.1, 0.15) is 5.82 Å². The molecule has 0 bridgehead atoms. The lowest BCUT2D eigenvalue weighted by molar-refractivity contribution is 0.503. The number of hydrogen-bond donors (Lipinski definition) is 3. The van der Waals surface area contributed by atoms with Gasteiger partial charge in [-0.2, -0.15) is 4.98 Å². The molecule has 1 saturated heterocycles. The van der Waals surface area contributed by atoms with E-state index in [-0.39, 0.29) is 6.04 Å². The average molecular weight is 355 g/mol. The first-order valence-corrected chi connectivity index (χ1v) is 9.57. The maximum atomic E-state index is 6.16. The van der Waals surface area contributed by atoms with Crippen molar-refractivity contribution >= 4 is 23.1 Å². The molecule has 0 aliphatic carbocycles. The summed E-state index contributed by atoms with van der Waals surface area (Å²) >= 11 is 0. The number of nitrogens with zero attached hydrogens (tertiary/aromatic N) is 3. The van der Waals surface area contributed by atoms with Gasteiger partial charge < -0.3 is 21.7 Å². The molecular weight excluding hydrogens is 324 g/mol. The van der Waals surface area contributed by atoms with E-state index in [1.807, 2.05) is 25.1 Å². The number of benzene rings is 1. The number of unbranched alkanes of at least 4 members (excludes halogenated alkanes) is 1. The number of hydrogen-bond acceptors (Lipinski definition) is 6. The van der Waals surface area contributed by atoms with Gasteiger partial charge >= 0.3 is 0 Å². The largest absolute Gasteiger partial charge is 0.398 e. The van der Waals surface area contributed by atoms with Crippen molar-refractivity contribution in [1.82, 2.24) is 9.97 Å². The Morgan fingerprint density at radius 1 is 1.27 bits per heavy atom. The van der Waals surface area contributed by atoms with Crippen molar-refractivity contribution in [3.63, 3.8) is 0 Å². The van der Waals surface area contributed by atoms with E-state index in [0.29, 0.717) is 5.95 Å². The molecule has 1 fully saturated rings. The van der Waals surface area contributed by atoms with E-state index in [1.54, 1.807) is 0 Å². The Kier molecular flexibility index (Phi) is 5.93. The van der Waals surface area contributed by atoms with Gasteiger partial charge in [-0.1, -0.05) is 19.4 Å². The minimum atomic E-state index is 0.214. The van der Waals surface area contributed by atoms with Gasteiger partial charge in [0.15, 0.2) is 0 Å². The van der Waals surface area contributed by atoms with Crippen molar-refractivity contribution < 1.29 is 0 Å². The lowest BCUT2D eigenvalue weighted by Gasteiger charge is -2.32. The maximum absolute atomic E-state index is 6.16. The second-order valence-corrected chi connectivity index (χ2v) is 7.19. The molecule has 1 unspecified atom stereocenters. The summed E-state index contributed by atoms with van der Waals surface area (Å²) < 4.78 is 0. The van der Waals surface area contributed by atoms with Crippen LogP contribution in [0.5, 0.6) is 0 Å². The maximum Gasteiger partial charge on any atom is 0.229 e. The van der Waals surface area contributed by atoms with E-state index >= 15 is 0 Å². The molecule has 0 spiro atoms. The summed E-state index contributed by atoms with van der Waals surface area (Å²) in [6, 6.07) is 8.26. The van der Waals surface area contributed by atoms with Crippen LogP contribution in [0.2, 0.25) is 0 Å². The zero-order valence-electron chi connectivity index (χ0n) is 15.8. The highest BCUT2D eigenvalue weighted by atomic mass is 15.2. The minimum Gasteiger partial charge on any atom is -0.398 e. The molecule has 1 aliphatic heterocycles. The lowest BCUT2D eigenvalue weighted by Crippen LogP contribution is -2.43. The smallest absolute Gasteiger partial charge is 0.229 e. The zero-order valence-corrected chi connectivity index (χ0v) is 15.8. The molecule has 1 aliphatic rings. The molecule has 0 amide bonds. The predicted octanol–water partition coefficient (Wildman–Crippen LogP) is 3.38. The van der Waals surface area contributed by atoms with Crippen LogP contribution in [0.1, 0.15) is 43.9 Å². The van der Waals surface area contributed by atoms with Crippen LogP contribution in [0.4, 0.5) is 23.1 Å². The minimum absolute atomic E-state index is 0.214. The number of piperidine rings is 1. The third kappa shape index (κ3) is 4.64. The number of nitrogens with two attached hydrogens (primary N) is 2. The van der Waals surface area contributed by atoms with Crippen LogP contribution in [-0.4, -0.2) is 29.1 Å². The average Bonchev–Trinajstić information content (AvgIpc) is 2.63. The fourth-order valence-electron chi connectivity index (χ4n) is 3.25. The fraction of sp³-hybridized carbons (Fsp3) is 0.500. The first kappa shape index (κ1) is 18.5. The summed E-state index contributed by atoms with van der Waals surface area (Å²) in [7, 11) is 0. The monoisotopic (exact) mass is 354 g/mol. The molecule has 0 radical (unpaired) electrons. The van der Waals surface area contributed by atoms with Gasteiger partial charge in [-0.3, -0.25) is 0 Å². The summed E-state index contributed by atoms with van der Waals surface area (Å²) in [5, 5.41) is 3.32. The van der Waals surface area contributed by atoms with Gasteiger partial charge in [0, 0.05) is 42.3 Å². The standard InChI is InChI=1S/C20H30N6/c1-3-4-7-16-12-19(26-10-5-6-15(21)13-26)25-20(23-16)24-17-9-8-14(2)18(22)11-17/h8-9,11-12,15H,3-7,10,13,21-22H2,1-2H3,(H,23,24,25). The van der Waals surface area contributed by atoms with E-state index in [9.17, 15) is 0 Å². The Morgan fingerprint density at radius 3 is 2.85 bits per heavy atom. The molecule has 1 aromatic heterocycles. The van der Waals surface area contributed by atoms with Crippen molar-refractivity contribution in [2.75, 3.05) is 29.0 Å². The van der Waals surface area contributed by atoms with Gasteiger partial charge in [0.25, 0.3) is 0 Å². The summed E-state index contributed by atoms with van der Waals surface area (Å²) in [5.41, 5.74) is 16.0. The number of aromatic nitrogens is 2. The van der Waals surface area contributed by atoms with E-state index in [0.717, 1.165) is 73.6 Å². The van der Waals surface area contributed by atoms with Gasteiger partial charge in [-0.25, -0.2) is 4.98 Å². The van der Waals surface area contributed by atoms with Crippen molar-refractivity contribution in [2.24, 2.45) is 5.73 Å². The van der Waals surface area contributed by atoms with Crippen LogP contribution in [0.25, 0.3) is 0 Å². The molecule has 140 valence electrons. The summed E-state index contributed by atoms with van der Waals surface area (Å²) in [6.07, 6.45) is 5.40. The molecule has 5 N–H and O–H groups in total. The molecular formula is C20H30N6. The molecule has 6 nitrogen and oxygen atoms in total. The van der Waals surface area contributed by atoms with Crippen LogP contribution in [-0.2, 0) is 6.42 Å². The zero-order chi connectivity index (χ0) is 18.5. The van der Waals surface area contributed by atoms with E-state index < -0.39 is 0 Å². The van der Waals surface area contributed by atoms with Gasteiger partial charge in [-0.05, 0) is 50.3 Å². The molecule has 1 aromatic carbocycles. The van der Waals surface area contributed by atoms with Crippen LogP contribution >= 0.6 is 0 Å². The normalized spacial score (nSPS) is 17.3. The van der Waals surface area contributed by atoms with Crippen molar-refractivity contribution in [3.05, 3.63) is 35.5 Å². The molecule has 1 atom stereocenters. The highest BCUT2D eigenvalue weighted by Gasteiger charge is 2.19. The Labute approximate surface area is 156 Å². The first-order valence-electron chi connectivity index (χ1n) is 9.57. The van der Waals surface area contributed by atoms with Gasteiger partial charge in [-0.15, -0.1) is 0 Å². The highest BCUT2D eigenvalue weighted by Crippen LogP contribution is 2.24. The topological polar surface area (TPSA) is 93.1 Å². The van der Waals surface area contributed by atoms with Crippen LogP contribution in [0, 0.1) is 6.92 Å². The van der Waals surface area contributed by atoms with Crippen molar-refractivity contribution in [1.29, 1.82) is 0 Å². The van der Waals surface area contributed by atoms with Crippen molar-refractivity contribution in [3.8, 4) is 0 Å². The predicted molar refractivity (Wildman–Crippen MR) is 109 cm³/mol. The Balaban J connectivity index is 1.87. The third-order valence-electron chi connectivity index (χ3n) is 4.87. The summed E-state index contributed by atoms with van der Waals surface area (Å²) in [4.78, 5) is 11.7. The molecule has 2 heterocycles. The quantitative estimate of drug-likeness (QED) is 0.689. The fourth-order valence-corrected chi connectivity index (χ4v) is 3.25. The Morgan fingerprint density at radius 2 is 2.12 bits per heavy atom. The summed E-state index contributed by atoms with van der Waals surface area (Å²) in [5.74, 6) is 1.58. The van der Waals surface area contributed by atoms with E-state index in [1.165, 1.54) is 0 Å². The highest BCUT2D eigenvalue weighted by molar-refractivity contribution is 5.63. The third-order valence-corrected chi connectivity index (χ3v) is 4.87. The van der Waals surface area contributed by atoms with Gasteiger partial charge in [0.2, 0.25) is 5.95 Å². The molecule has 3 rings (SSSR count). The number of rotatable bonds is 6. The second kappa shape index (κ2) is 8.36.